The van der Waals surface area contributed by atoms with Crippen molar-refractivity contribution in [3.63, 3.8) is 0 Å². The number of aryl methyl sites for hydroxylation is 3. The van der Waals surface area contributed by atoms with Gasteiger partial charge in [0.1, 0.15) is 5.76 Å². The largest absolute Gasteiger partial charge is 0.481 e. The molecule has 0 aromatic carbocycles. The maximum Gasteiger partial charge on any atom is 0.319 e. The van der Waals surface area contributed by atoms with Gasteiger partial charge in [0.05, 0.1) is 30.2 Å². The van der Waals surface area contributed by atoms with Gasteiger partial charge in [-0.2, -0.15) is 0 Å². The number of rotatable bonds is 4. The van der Waals surface area contributed by atoms with E-state index < -0.39 is 0 Å². The number of amides is 2. The first-order chi connectivity index (χ1) is 10.4. The van der Waals surface area contributed by atoms with Crippen molar-refractivity contribution < 1.29 is 14.1 Å². The third-order valence-corrected chi connectivity index (χ3v) is 3.39. The van der Waals surface area contributed by atoms with Gasteiger partial charge in [-0.1, -0.05) is 5.16 Å². The highest BCUT2D eigenvalue weighted by atomic mass is 16.5. The summed E-state index contributed by atoms with van der Waals surface area (Å²) in [4.78, 5) is 16.3. The first kappa shape index (κ1) is 15.8. The maximum atomic E-state index is 12.1. The Morgan fingerprint density at radius 3 is 2.55 bits per heavy atom. The van der Waals surface area contributed by atoms with E-state index in [1.54, 1.807) is 26.2 Å². The summed E-state index contributed by atoms with van der Waals surface area (Å²) >= 11 is 0. The van der Waals surface area contributed by atoms with Gasteiger partial charge in [0.2, 0.25) is 5.88 Å². The second-order valence-corrected chi connectivity index (χ2v) is 5.04. The molecule has 2 aromatic heterocycles. The molecule has 2 N–H and O–H groups in total. The van der Waals surface area contributed by atoms with Crippen LogP contribution >= 0.6 is 0 Å². The van der Waals surface area contributed by atoms with Crippen molar-refractivity contribution >= 4 is 11.7 Å². The lowest BCUT2D eigenvalue weighted by Crippen LogP contribution is -2.31. The van der Waals surface area contributed by atoms with Gasteiger partial charge in [-0.05, 0) is 33.8 Å². The summed E-state index contributed by atoms with van der Waals surface area (Å²) in [7, 11) is 1.55. The normalized spacial score (nSPS) is 11.9. The Balaban J connectivity index is 2.04. The molecule has 0 radical (unpaired) electrons. The standard InChI is InChI=1S/C15H20N4O3/c1-8-12(6-7-13(16-8)21-5)18-15(20)17-9(2)14-10(3)19-22-11(14)4/h6-7,9H,1-5H3,(H2,17,18,20)/t9-/m1/s1. The number of anilines is 1. The van der Waals surface area contributed by atoms with E-state index in [0.29, 0.717) is 23.0 Å². The summed E-state index contributed by atoms with van der Waals surface area (Å²) in [6, 6.07) is 2.92. The zero-order valence-corrected chi connectivity index (χ0v) is 13.4. The molecule has 2 rings (SSSR count). The molecule has 1 atom stereocenters. The SMILES string of the molecule is COc1ccc(NC(=O)N[C@H](C)c2c(C)noc2C)c(C)n1. The minimum atomic E-state index is -0.317. The van der Waals surface area contributed by atoms with Gasteiger partial charge in [0.15, 0.2) is 0 Å². The highest BCUT2D eigenvalue weighted by molar-refractivity contribution is 5.90. The fourth-order valence-corrected chi connectivity index (χ4v) is 2.32. The fourth-order valence-electron chi connectivity index (χ4n) is 2.32. The van der Waals surface area contributed by atoms with Crippen LogP contribution in [0.4, 0.5) is 10.5 Å². The predicted octanol–water partition coefficient (Wildman–Crippen LogP) is 2.89. The number of pyridine rings is 1. The summed E-state index contributed by atoms with van der Waals surface area (Å²) in [5.74, 6) is 1.21. The number of ether oxygens (including phenoxy) is 1. The zero-order valence-electron chi connectivity index (χ0n) is 13.4. The lowest BCUT2D eigenvalue weighted by Gasteiger charge is -2.15. The van der Waals surface area contributed by atoms with Crippen molar-refractivity contribution in [3.05, 3.63) is 34.8 Å². The average Bonchev–Trinajstić information content (AvgIpc) is 2.80. The number of hydrogen-bond donors (Lipinski definition) is 2. The van der Waals surface area contributed by atoms with Gasteiger partial charge in [-0.3, -0.25) is 0 Å². The minimum Gasteiger partial charge on any atom is -0.481 e. The van der Waals surface area contributed by atoms with Crippen LogP contribution in [0.25, 0.3) is 0 Å². The molecule has 0 saturated heterocycles. The van der Waals surface area contributed by atoms with Crippen LogP contribution < -0.4 is 15.4 Å². The van der Waals surface area contributed by atoms with Gasteiger partial charge < -0.3 is 19.9 Å². The minimum absolute atomic E-state index is 0.210. The van der Waals surface area contributed by atoms with E-state index in [4.69, 9.17) is 9.26 Å². The number of nitrogens with one attached hydrogen (secondary N) is 2. The molecule has 2 heterocycles. The van der Waals surface area contributed by atoms with Crippen LogP contribution in [0.2, 0.25) is 0 Å². The molecule has 0 aliphatic carbocycles. The molecule has 0 aliphatic rings. The molecule has 0 unspecified atom stereocenters. The van der Waals surface area contributed by atoms with Crippen molar-refractivity contribution in [3.8, 4) is 5.88 Å². The molecule has 0 fully saturated rings. The van der Waals surface area contributed by atoms with Crippen LogP contribution in [0, 0.1) is 20.8 Å². The fraction of sp³-hybridized carbons (Fsp3) is 0.400. The second-order valence-electron chi connectivity index (χ2n) is 5.04. The van der Waals surface area contributed by atoms with Gasteiger partial charge in [0.25, 0.3) is 0 Å². The maximum absolute atomic E-state index is 12.1. The van der Waals surface area contributed by atoms with E-state index in [0.717, 1.165) is 11.3 Å². The van der Waals surface area contributed by atoms with Crippen LogP contribution in [0.15, 0.2) is 16.7 Å². The predicted molar refractivity (Wildman–Crippen MR) is 82.1 cm³/mol. The molecule has 2 amide bonds. The summed E-state index contributed by atoms with van der Waals surface area (Å²) < 4.78 is 10.2. The lowest BCUT2D eigenvalue weighted by molar-refractivity contribution is 0.249. The van der Waals surface area contributed by atoms with Crippen LogP contribution in [0.5, 0.6) is 5.88 Å². The molecule has 22 heavy (non-hydrogen) atoms. The van der Waals surface area contributed by atoms with E-state index in [-0.39, 0.29) is 12.1 Å². The smallest absolute Gasteiger partial charge is 0.319 e. The Labute approximate surface area is 129 Å². The number of aromatic nitrogens is 2. The zero-order chi connectivity index (χ0) is 16.3. The lowest BCUT2D eigenvalue weighted by atomic mass is 10.1. The van der Waals surface area contributed by atoms with E-state index in [2.05, 4.69) is 20.8 Å². The van der Waals surface area contributed by atoms with Crippen LogP contribution in [-0.4, -0.2) is 23.3 Å². The number of nitrogens with zero attached hydrogens (tertiary/aromatic N) is 2. The molecular weight excluding hydrogens is 284 g/mol. The molecule has 118 valence electrons. The van der Waals surface area contributed by atoms with Crippen molar-refractivity contribution in [1.82, 2.24) is 15.5 Å². The highest BCUT2D eigenvalue weighted by Gasteiger charge is 2.18. The summed E-state index contributed by atoms with van der Waals surface area (Å²) in [6.07, 6.45) is 0. The van der Waals surface area contributed by atoms with Gasteiger partial charge in [-0.15, -0.1) is 0 Å². The number of carbonyl (C=O) groups excluding carboxylic acids is 1. The third kappa shape index (κ3) is 3.36. The van der Waals surface area contributed by atoms with E-state index >= 15 is 0 Å². The van der Waals surface area contributed by atoms with E-state index in [9.17, 15) is 4.79 Å². The Hall–Kier alpha value is -2.57. The van der Waals surface area contributed by atoms with Crippen molar-refractivity contribution in [1.29, 1.82) is 0 Å². The molecule has 2 aromatic rings. The molecule has 0 spiro atoms. The highest BCUT2D eigenvalue weighted by Crippen LogP contribution is 2.21. The summed E-state index contributed by atoms with van der Waals surface area (Å²) in [6.45, 7) is 7.35. The molecule has 0 bridgehead atoms. The van der Waals surface area contributed by atoms with E-state index in [1.165, 1.54) is 0 Å². The van der Waals surface area contributed by atoms with Gasteiger partial charge >= 0.3 is 6.03 Å². The van der Waals surface area contributed by atoms with Gasteiger partial charge in [-0.25, -0.2) is 9.78 Å². The topological polar surface area (TPSA) is 89.3 Å². The molecule has 7 heteroatoms. The summed E-state index contributed by atoms with van der Waals surface area (Å²) in [5, 5.41) is 9.52. The number of methoxy groups -OCH3 is 1. The quantitative estimate of drug-likeness (QED) is 0.906. The molecule has 0 saturated carbocycles. The Bertz CT molecular complexity index is 662. The first-order valence-electron chi connectivity index (χ1n) is 6.94. The first-order valence-corrected chi connectivity index (χ1v) is 6.94. The second kappa shape index (κ2) is 6.46. The van der Waals surface area contributed by atoms with Crippen LogP contribution in [0.3, 0.4) is 0 Å². The Morgan fingerprint density at radius 1 is 1.27 bits per heavy atom. The molecule has 7 nitrogen and oxygen atoms in total. The van der Waals surface area contributed by atoms with Crippen molar-refractivity contribution in [2.45, 2.75) is 33.7 Å². The van der Waals surface area contributed by atoms with Crippen LogP contribution in [-0.2, 0) is 0 Å². The Kier molecular flexibility index (Phi) is 4.65. The summed E-state index contributed by atoms with van der Waals surface area (Å²) in [5.41, 5.74) is 2.97. The van der Waals surface area contributed by atoms with Crippen LogP contribution in [0.1, 0.15) is 35.7 Å². The average molecular weight is 304 g/mol. The molecule has 0 aliphatic heterocycles. The molecular formula is C15H20N4O3. The number of hydrogen-bond acceptors (Lipinski definition) is 5. The number of urea groups is 1. The van der Waals surface area contributed by atoms with Gasteiger partial charge in [0, 0.05) is 11.6 Å². The monoisotopic (exact) mass is 304 g/mol. The third-order valence-electron chi connectivity index (χ3n) is 3.39. The number of carbonyl (C=O) groups is 1. The van der Waals surface area contributed by atoms with E-state index in [1.807, 2.05) is 20.8 Å². The van der Waals surface area contributed by atoms with Crippen molar-refractivity contribution in [2.24, 2.45) is 0 Å². The van der Waals surface area contributed by atoms with Crippen molar-refractivity contribution in [2.75, 3.05) is 12.4 Å². The Morgan fingerprint density at radius 2 is 2.00 bits per heavy atom.